The number of nitrogens with one attached hydrogen (secondary N) is 3. The molecule has 5 aliphatic rings. The Morgan fingerprint density at radius 3 is 2.78 bits per heavy atom. The molecule has 4 N–H and O–H groups in total. The number of anilines is 3. The Labute approximate surface area is 210 Å². The SMILES string of the molecule is Cc1cc(Nc2cc(C3=CCCO3)nc(NC3C4CC5CC3C(OC(=O)C(F)(F)F)C(O)(C5)C4)n2)n[nH]1. The van der Waals surface area contributed by atoms with Gasteiger partial charge < -0.3 is 25.2 Å². The van der Waals surface area contributed by atoms with E-state index in [1.807, 2.05) is 19.1 Å². The lowest BCUT2D eigenvalue weighted by Crippen LogP contribution is -2.68. The van der Waals surface area contributed by atoms with E-state index in [9.17, 15) is 23.1 Å². The third-order valence-corrected chi connectivity index (χ3v) is 7.79. The van der Waals surface area contributed by atoms with Crippen molar-refractivity contribution in [3.05, 3.63) is 29.6 Å². The van der Waals surface area contributed by atoms with Crippen LogP contribution in [0.1, 0.15) is 43.5 Å². The van der Waals surface area contributed by atoms with Crippen LogP contribution in [0.4, 0.5) is 30.8 Å². The highest BCUT2D eigenvalue weighted by atomic mass is 19.4. The lowest BCUT2D eigenvalue weighted by atomic mass is 9.51. The molecule has 6 unspecified atom stereocenters. The first-order valence-electron chi connectivity index (χ1n) is 12.4. The van der Waals surface area contributed by atoms with Crippen molar-refractivity contribution in [1.29, 1.82) is 0 Å². The van der Waals surface area contributed by atoms with E-state index < -0.39 is 29.8 Å². The number of aliphatic hydroxyl groups is 1. The first-order valence-corrected chi connectivity index (χ1v) is 12.4. The predicted molar refractivity (Wildman–Crippen MR) is 124 cm³/mol. The Balaban J connectivity index is 1.30. The molecule has 2 aromatic heterocycles. The summed E-state index contributed by atoms with van der Waals surface area (Å²) in [7, 11) is 0. The number of hydrogen-bond donors (Lipinski definition) is 4. The molecule has 0 spiro atoms. The van der Waals surface area contributed by atoms with Gasteiger partial charge >= 0.3 is 12.1 Å². The van der Waals surface area contributed by atoms with Crippen LogP contribution in [0.15, 0.2) is 18.2 Å². The lowest BCUT2D eigenvalue weighted by Gasteiger charge is -2.61. The predicted octanol–water partition coefficient (Wildman–Crippen LogP) is 3.45. The Kier molecular flexibility index (Phi) is 5.58. The van der Waals surface area contributed by atoms with Gasteiger partial charge in [-0.3, -0.25) is 5.10 Å². The van der Waals surface area contributed by atoms with Gasteiger partial charge in [-0.15, -0.1) is 0 Å². The van der Waals surface area contributed by atoms with Crippen LogP contribution in [0.2, 0.25) is 0 Å². The van der Waals surface area contributed by atoms with Crippen molar-refractivity contribution in [2.75, 3.05) is 17.2 Å². The van der Waals surface area contributed by atoms with E-state index in [0.717, 1.165) is 18.5 Å². The fourth-order valence-electron chi connectivity index (χ4n) is 6.57. The molecule has 0 radical (unpaired) electrons. The van der Waals surface area contributed by atoms with E-state index in [0.29, 0.717) is 42.5 Å². The van der Waals surface area contributed by atoms with E-state index in [4.69, 9.17) is 9.47 Å². The van der Waals surface area contributed by atoms with Crippen molar-refractivity contribution in [2.24, 2.45) is 17.8 Å². The summed E-state index contributed by atoms with van der Waals surface area (Å²) in [5.74, 6) is -0.760. The molecule has 2 aromatic rings. The van der Waals surface area contributed by atoms with Gasteiger partial charge in [-0.05, 0) is 50.5 Å². The van der Waals surface area contributed by atoms with E-state index >= 15 is 0 Å². The first-order chi connectivity index (χ1) is 17.6. The van der Waals surface area contributed by atoms with Crippen LogP contribution in [-0.2, 0) is 14.3 Å². The van der Waals surface area contributed by atoms with Crippen molar-refractivity contribution >= 4 is 29.3 Å². The van der Waals surface area contributed by atoms with Crippen LogP contribution < -0.4 is 10.6 Å². The number of aromatic amines is 1. The fraction of sp³-hybridized carbons (Fsp3) is 0.583. The van der Waals surface area contributed by atoms with Crippen LogP contribution in [0.5, 0.6) is 0 Å². The Morgan fingerprint density at radius 2 is 2.08 bits per heavy atom. The minimum Gasteiger partial charge on any atom is -0.491 e. The number of H-pyrrole nitrogens is 1. The molecule has 4 bridgehead atoms. The summed E-state index contributed by atoms with van der Waals surface area (Å²) in [5, 5.41) is 24.7. The van der Waals surface area contributed by atoms with Crippen molar-refractivity contribution in [3.8, 4) is 0 Å². The quantitative estimate of drug-likeness (QED) is 0.423. The molecule has 7 rings (SSSR count). The second-order valence-corrected chi connectivity index (χ2v) is 10.5. The summed E-state index contributed by atoms with van der Waals surface area (Å²) in [6.45, 7) is 2.42. The van der Waals surface area contributed by atoms with Crippen LogP contribution in [0.3, 0.4) is 0 Å². The third-order valence-electron chi connectivity index (χ3n) is 7.79. The minimum absolute atomic E-state index is 0.0251. The second-order valence-electron chi connectivity index (χ2n) is 10.5. The Bertz CT molecular complexity index is 1250. The summed E-state index contributed by atoms with van der Waals surface area (Å²) in [4.78, 5) is 20.9. The smallest absolute Gasteiger partial charge is 0.490 e. The molecule has 4 fully saturated rings. The van der Waals surface area contributed by atoms with E-state index in [2.05, 4.69) is 30.8 Å². The number of halogens is 3. The summed E-state index contributed by atoms with van der Waals surface area (Å²) in [5.41, 5.74) is -0.0547. The normalized spacial score (nSPS) is 32.1. The van der Waals surface area contributed by atoms with Gasteiger partial charge in [0.05, 0.1) is 6.61 Å². The Morgan fingerprint density at radius 1 is 1.24 bits per heavy atom. The number of rotatable bonds is 6. The van der Waals surface area contributed by atoms with Crippen molar-refractivity contribution in [3.63, 3.8) is 0 Å². The molecular weight excluding hydrogens is 493 g/mol. The molecule has 10 nitrogen and oxygen atoms in total. The number of hydrogen-bond acceptors (Lipinski definition) is 9. The Hall–Kier alpha value is -3.35. The van der Waals surface area contributed by atoms with E-state index in [-0.39, 0.29) is 30.2 Å². The lowest BCUT2D eigenvalue weighted by molar-refractivity contribution is -0.249. The van der Waals surface area contributed by atoms with Crippen LogP contribution >= 0.6 is 0 Å². The van der Waals surface area contributed by atoms with Gasteiger partial charge in [-0.25, -0.2) is 9.78 Å². The third kappa shape index (κ3) is 4.49. The minimum atomic E-state index is -5.13. The molecule has 1 aliphatic heterocycles. The fourth-order valence-corrected chi connectivity index (χ4v) is 6.57. The number of aryl methyl sites for hydroxylation is 1. The standard InChI is InChI=1S/C24H27F3N6O4/c1-11-5-18(33-32-11)29-17-8-15(16-3-2-4-36-16)28-22(30-17)31-19-13-6-12-7-14(19)20(23(35,9-12)10-13)37-21(34)24(25,26)27/h3,5,8,12-14,19-20,35H,2,4,6-7,9-10H2,1H3,(H3,28,29,30,31,32,33). The average molecular weight is 521 g/mol. The number of carbonyl (C=O) groups is 1. The van der Waals surface area contributed by atoms with Crippen LogP contribution in [0, 0.1) is 24.7 Å². The van der Waals surface area contributed by atoms with Gasteiger partial charge in [-0.2, -0.15) is 23.3 Å². The highest BCUT2D eigenvalue weighted by Crippen LogP contribution is 2.57. The summed E-state index contributed by atoms with van der Waals surface area (Å²) in [6, 6.07) is 3.18. The highest BCUT2D eigenvalue weighted by Gasteiger charge is 2.63. The van der Waals surface area contributed by atoms with Gasteiger partial charge in [0.25, 0.3) is 0 Å². The summed E-state index contributed by atoms with van der Waals surface area (Å²) < 4.78 is 49.7. The van der Waals surface area contributed by atoms with Crippen molar-refractivity contribution in [1.82, 2.24) is 20.2 Å². The largest absolute Gasteiger partial charge is 0.491 e. The van der Waals surface area contributed by atoms with E-state index in [1.54, 1.807) is 6.07 Å². The zero-order valence-electron chi connectivity index (χ0n) is 20.0. The molecule has 6 atom stereocenters. The van der Waals surface area contributed by atoms with Crippen LogP contribution in [0.25, 0.3) is 5.76 Å². The topological polar surface area (TPSA) is 134 Å². The highest BCUT2D eigenvalue weighted by molar-refractivity contribution is 5.76. The maximum absolute atomic E-state index is 13.0. The maximum atomic E-state index is 13.0. The molecule has 0 saturated heterocycles. The second kappa shape index (κ2) is 8.61. The number of nitrogens with zero attached hydrogens (tertiary/aromatic N) is 3. The number of aromatic nitrogens is 4. The zero-order valence-corrected chi connectivity index (χ0v) is 20.0. The number of ether oxygens (including phenoxy) is 2. The van der Waals surface area contributed by atoms with Crippen molar-refractivity contribution in [2.45, 2.75) is 63.0 Å². The van der Waals surface area contributed by atoms with Crippen LogP contribution in [-0.4, -0.2) is 61.8 Å². The van der Waals surface area contributed by atoms with Gasteiger partial charge in [0.2, 0.25) is 5.95 Å². The van der Waals surface area contributed by atoms with Gasteiger partial charge in [0, 0.05) is 36.2 Å². The summed E-state index contributed by atoms with van der Waals surface area (Å²) >= 11 is 0. The molecule has 4 aliphatic carbocycles. The van der Waals surface area contributed by atoms with Gasteiger partial charge in [-0.1, -0.05) is 0 Å². The summed E-state index contributed by atoms with van der Waals surface area (Å²) in [6.07, 6.45) is -1.79. The van der Waals surface area contributed by atoms with Gasteiger partial charge in [0.1, 0.15) is 29.0 Å². The molecule has 13 heteroatoms. The molecule has 0 amide bonds. The number of alkyl halides is 3. The van der Waals surface area contributed by atoms with Crippen molar-refractivity contribution < 1.29 is 32.5 Å². The van der Waals surface area contributed by atoms with E-state index in [1.165, 1.54) is 0 Å². The molecule has 4 saturated carbocycles. The maximum Gasteiger partial charge on any atom is 0.490 e. The number of esters is 1. The molecular formula is C24H27F3N6O4. The first kappa shape index (κ1) is 24.0. The molecule has 3 heterocycles. The monoisotopic (exact) mass is 520 g/mol. The molecule has 0 aromatic carbocycles. The zero-order chi connectivity index (χ0) is 25.9. The molecule has 198 valence electrons. The average Bonchev–Trinajstić information content (AvgIpc) is 3.49. The molecule has 37 heavy (non-hydrogen) atoms. The van der Waals surface area contributed by atoms with Gasteiger partial charge in [0.15, 0.2) is 5.82 Å². The number of carbonyl (C=O) groups excluding carboxylic acids is 1.